The molecule has 1 fully saturated rings. The van der Waals surface area contributed by atoms with Crippen molar-refractivity contribution in [2.24, 2.45) is 0 Å². The van der Waals surface area contributed by atoms with Crippen LogP contribution in [0.5, 0.6) is 0 Å². The van der Waals surface area contributed by atoms with Crippen molar-refractivity contribution in [2.45, 2.75) is 25.2 Å². The second kappa shape index (κ2) is 8.14. The monoisotopic (exact) mass is 294 g/mol. The van der Waals surface area contributed by atoms with Crippen molar-refractivity contribution in [3.63, 3.8) is 0 Å². The first kappa shape index (κ1) is 16.0. The van der Waals surface area contributed by atoms with Gasteiger partial charge in [0.05, 0.1) is 6.61 Å². The Labute approximate surface area is 126 Å². The lowest BCUT2D eigenvalue weighted by atomic mass is 10.3. The molecule has 1 heterocycles. The van der Waals surface area contributed by atoms with E-state index >= 15 is 0 Å². The van der Waals surface area contributed by atoms with Gasteiger partial charge in [0.1, 0.15) is 17.5 Å². The summed E-state index contributed by atoms with van der Waals surface area (Å²) in [5.74, 6) is 3.37. The van der Waals surface area contributed by atoms with Crippen LogP contribution in [-0.2, 0) is 9.47 Å². The summed E-state index contributed by atoms with van der Waals surface area (Å²) < 4.78 is 10.4. The van der Waals surface area contributed by atoms with E-state index in [1.807, 2.05) is 13.1 Å². The molecule has 1 aliphatic rings. The maximum Gasteiger partial charge on any atom is 0.136 e. The molecule has 0 aliphatic heterocycles. The van der Waals surface area contributed by atoms with Crippen LogP contribution in [0.1, 0.15) is 31.0 Å². The SMILES string of the molecule is CNc1cc(N(CCCOC)CCOC)nc(C2CC2)n1. The van der Waals surface area contributed by atoms with Crippen molar-refractivity contribution in [3.8, 4) is 0 Å². The Morgan fingerprint density at radius 1 is 1.19 bits per heavy atom. The van der Waals surface area contributed by atoms with Gasteiger partial charge in [0.15, 0.2) is 0 Å². The average molecular weight is 294 g/mol. The lowest BCUT2D eigenvalue weighted by Gasteiger charge is -2.24. The molecule has 0 amide bonds. The Hall–Kier alpha value is -1.40. The van der Waals surface area contributed by atoms with Gasteiger partial charge >= 0.3 is 0 Å². The number of methoxy groups -OCH3 is 2. The molecular weight excluding hydrogens is 268 g/mol. The van der Waals surface area contributed by atoms with Crippen LogP contribution in [0.25, 0.3) is 0 Å². The van der Waals surface area contributed by atoms with Gasteiger partial charge in [-0.2, -0.15) is 0 Å². The highest BCUT2D eigenvalue weighted by Gasteiger charge is 2.27. The van der Waals surface area contributed by atoms with E-state index in [1.54, 1.807) is 14.2 Å². The van der Waals surface area contributed by atoms with E-state index < -0.39 is 0 Å². The molecule has 21 heavy (non-hydrogen) atoms. The summed E-state index contributed by atoms with van der Waals surface area (Å²) in [6.45, 7) is 3.17. The second-order valence-electron chi connectivity index (χ2n) is 5.32. The number of ether oxygens (including phenoxy) is 2. The summed E-state index contributed by atoms with van der Waals surface area (Å²) >= 11 is 0. The van der Waals surface area contributed by atoms with Crippen LogP contribution in [0.4, 0.5) is 11.6 Å². The molecule has 118 valence electrons. The number of hydrogen-bond donors (Lipinski definition) is 1. The molecule has 1 aliphatic carbocycles. The highest BCUT2D eigenvalue weighted by Crippen LogP contribution is 2.39. The summed E-state index contributed by atoms with van der Waals surface area (Å²) in [5, 5.41) is 3.13. The van der Waals surface area contributed by atoms with Gasteiger partial charge in [0, 0.05) is 52.9 Å². The summed E-state index contributed by atoms with van der Waals surface area (Å²) in [7, 11) is 5.35. The number of nitrogens with one attached hydrogen (secondary N) is 1. The number of anilines is 2. The molecule has 1 N–H and O–H groups in total. The standard InChI is InChI=1S/C15H26N4O2/c1-16-13-11-14(18-15(17-13)12-5-6-12)19(8-10-21-3)7-4-9-20-2/h11-12H,4-10H2,1-3H3,(H,16,17,18). The van der Waals surface area contributed by atoms with Crippen LogP contribution in [0, 0.1) is 0 Å². The number of hydrogen-bond acceptors (Lipinski definition) is 6. The fourth-order valence-corrected chi connectivity index (χ4v) is 2.21. The Balaban J connectivity index is 2.13. The third kappa shape index (κ3) is 4.82. The Morgan fingerprint density at radius 3 is 2.57 bits per heavy atom. The molecule has 6 heteroatoms. The van der Waals surface area contributed by atoms with Gasteiger partial charge in [-0.15, -0.1) is 0 Å². The van der Waals surface area contributed by atoms with Crippen LogP contribution in [0.2, 0.25) is 0 Å². The predicted molar refractivity (Wildman–Crippen MR) is 84.1 cm³/mol. The Bertz CT molecular complexity index is 438. The quantitative estimate of drug-likeness (QED) is 0.665. The second-order valence-corrected chi connectivity index (χ2v) is 5.32. The zero-order valence-electron chi connectivity index (χ0n) is 13.3. The minimum Gasteiger partial charge on any atom is -0.385 e. The van der Waals surface area contributed by atoms with E-state index in [2.05, 4.69) is 15.2 Å². The first-order chi connectivity index (χ1) is 10.3. The smallest absolute Gasteiger partial charge is 0.136 e. The van der Waals surface area contributed by atoms with Gasteiger partial charge < -0.3 is 19.7 Å². The van der Waals surface area contributed by atoms with Crippen molar-refractivity contribution in [1.82, 2.24) is 9.97 Å². The molecule has 0 saturated heterocycles. The van der Waals surface area contributed by atoms with Crippen molar-refractivity contribution < 1.29 is 9.47 Å². The molecule has 0 radical (unpaired) electrons. The van der Waals surface area contributed by atoms with Crippen molar-refractivity contribution in [1.29, 1.82) is 0 Å². The van der Waals surface area contributed by atoms with Crippen LogP contribution >= 0.6 is 0 Å². The van der Waals surface area contributed by atoms with E-state index in [0.29, 0.717) is 12.5 Å². The van der Waals surface area contributed by atoms with E-state index in [1.165, 1.54) is 12.8 Å². The molecule has 0 atom stereocenters. The highest BCUT2D eigenvalue weighted by atomic mass is 16.5. The van der Waals surface area contributed by atoms with Gasteiger partial charge in [-0.3, -0.25) is 0 Å². The Kier molecular flexibility index (Phi) is 6.20. The normalized spacial score (nSPS) is 14.2. The predicted octanol–water partition coefficient (Wildman–Crippen LogP) is 1.88. The van der Waals surface area contributed by atoms with Gasteiger partial charge in [-0.1, -0.05) is 0 Å². The fraction of sp³-hybridized carbons (Fsp3) is 0.733. The van der Waals surface area contributed by atoms with Crippen LogP contribution in [0.15, 0.2) is 6.07 Å². The molecule has 6 nitrogen and oxygen atoms in total. The van der Waals surface area contributed by atoms with Crippen molar-refractivity contribution in [2.75, 3.05) is 57.8 Å². The molecule has 0 spiro atoms. The van der Waals surface area contributed by atoms with E-state index in [4.69, 9.17) is 14.5 Å². The largest absolute Gasteiger partial charge is 0.385 e. The van der Waals surface area contributed by atoms with Crippen molar-refractivity contribution >= 4 is 11.6 Å². The minimum atomic E-state index is 0.542. The molecule has 2 rings (SSSR count). The summed E-state index contributed by atoms with van der Waals surface area (Å²) in [6, 6.07) is 2.01. The summed E-state index contributed by atoms with van der Waals surface area (Å²) in [4.78, 5) is 11.6. The van der Waals surface area contributed by atoms with Crippen LogP contribution in [0.3, 0.4) is 0 Å². The maximum absolute atomic E-state index is 5.21. The lowest BCUT2D eigenvalue weighted by Crippen LogP contribution is -2.30. The molecule has 1 aromatic rings. The van der Waals surface area contributed by atoms with Crippen molar-refractivity contribution in [3.05, 3.63) is 11.9 Å². The summed E-state index contributed by atoms with van der Waals surface area (Å²) in [5.41, 5.74) is 0. The number of nitrogens with zero attached hydrogens (tertiary/aromatic N) is 3. The number of rotatable bonds is 10. The highest BCUT2D eigenvalue weighted by molar-refractivity contribution is 5.49. The van der Waals surface area contributed by atoms with Gasteiger partial charge in [-0.25, -0.2) is 9.97 Å². The molecular formula is C15H26N4O2. The molecule has 0 aromatic carbocycles. The summed E-state index contributed by atoms with van der Waals surface area (Å²) in [6.07, 6.45) is 3.38. The zero-order valence-corrected chi connectivity index (χ0v) is 13.3. The van der Waals surface area contributed by atoms with Gasteiger partial charge in [-0.05, 0) is 19.3 Å². The number of aromatic nitrogens is 2. The average Bonchev–Trinajstić information content (AvgIpc) is 3.35. The third-order valence-electron chi connectivity index (χ3n) is 3.59. The topological polar surface area (TPSA) is 59.5 Å². The Morgan fingerprint density at radius 2 is 1.95 bits per heavy atom. The molecule has 0 unspecified atom stereocenters. The minimum absolute atomic E-state index is 0.542. The first-order valence-electron chi connectivity index (χ1n) is 7.58. The van der Waals surface area contributed by atoms with Gasteiger partial charge in [0.25, 0.3) is 0 Å². The fourth-order valence-electron chi connectivity index (χ4n) is 2.21. The van der Waals surface area contributed by atoms with Crippen LogP contribution in [-0.4, -0.2) is 57.5 Å². The third-order valence-corrected chi connectivity index (χ3v) is 3.59. The van der Waals surface area contributed by atoms with Crippen LogP contribution < -0.4 is 10.2 Å². The maximum atomic E-state index is 5.21. The van der Waals surface area contributed by atoms with E-state index in [9.17, 15) is 0 Å². The zero-order chi connectivity index (χ0) is 15.1. The first-order valence-corrected chi connectivity index (χ1v) is 7.58. The van der Waals surface area contributed by atoms with E-state index in [-0.39, 0.29) is 0 Å². The molecule has 0 bridgehead atoms. The molecule has 1 saturated carbocycles. The van der Waals surface area contributed by atoms with E-state index in [0.717, 1.165) is 43.6 Å². The lowest BCUT2D eigenvalue weighted by molar-refractivity contribution is 0.191. The van der Waals surface area contributed by atoms with Gasteiger partial charge in [0.2, 0.25) is 0 Å². The molecule has 1 aromatic heterocycles.